The summed E-state index contributed by atoms with van der Waals surface area (Å²) in [4.78, 5) is 24.6. The van der Waals surface area contributed by atoms with Crippen LogP contribution in [0.1, 0.15) is 40.2 Å². The Kier molecular flexibility index (Phi) is 5.94. The third kappa shape index (κ3) is 4.59. The molecule has 0 atom stereocenters. The highest BCUT2D eigenvalue weighted by molar-refractivity contribution is 6.10. The lowest BCUT2D eigenvalue weighted by atomic mass is 9.90. The van der Waals surface area contributed by atoms with Crippen molar-refractivity contribution in [2.45, 2.75) is 41.0 Å². The highest BCUT2D eigenvalue weighted by Crippen LogP contribution is 2.22. The number of carbonyl (C=O) groups excluding carboxylic acids is 2. The molecule has 1 rings (SSSR count). The Labute approximate surface area is 127 Å². The molecule has 2 amide bonds. The summed E-state index contributed by atoms with van der Waals surface area (Å²) in [5.41, 5.74) is 0.731. The quantitative estimate of drug-likeness (QED) is 0.791. The first-order valence-corrected chi connectivity index (χ1v) is 7.46. The third-order valence-electron chi connectivity index (χ3n) is 3.45. The van der Waals surface area contributed by atoms with E-state index in [9.17, 15) is 9.59 Å². The molecule has 21 heavy (non-hydrogen) atoms. The van der Waals surface area contributed by atoms with Crippen LogP contribution in [0.15, 0.2) is 24.3 Å². The Morgan fingerprint density at radius 1 is 1.14 bits per heavy atom. The number of benzene rings is 1. The maximum Gasteiger partial charge on any atom is 0.239 e. The zero-order valence-corrected chi connectivity index (χ0v) is 13.6. The zero-order valence-electron chi connectivity index (χ0n) is 13.6. The van der Waals surface area contributed by atoms with E-state index >= 15 is 0 Å². The van der Waals surface area contributed by atoms with Crippen molar-refractivity contribution in [1.29, 1.82) is 0 Å². The number of carbonyl (C=O) groups is 2. The molecule has 0 bridgehead atoms. The van der Waals surface area contributed by atoms with E-state index in [1.807, 2.05) is 45.0 Å². The number of para-hydroxylation sites is 1. The second-order valence-corrected chi connectivity index (χ2v) is 6.19. The molecule has 0 fully saturated rings. The van der Waals surface area contributed by atoms with Crippen LogP contribution in [-0.4, -0.2) is 18.4 Å². The minimum atomic E-state index is -1.10. The molecular weight excluding hydrogens is 264 g/mol. The lowest BCUT2D eigenvalue weighted by molar-refractivity contribution is -0.138. The number of hydrogen-bond acceptors (Lipinski definition) is 2. The van der Waals surface area contributed by atoms with Gasteiger partial charge in [0.05, 0.1) is 0 Å². The molecule has 0 unspecified atom stereocenters. The molecule has 0 spiro atoms. The van der Waals surface area contributed by atoms with Crippen LogP contribution in [0.25, 0.3) is 0 Å². The standard InChI is InChI=1S/C17H26N2O2/c1-6-13-9-7-8-10-14(13)19-16(21)17(4,5)15(20)18-11-12(2)3/h7-10,12H,6,11H2,1-5H3,(H,18,20)(H,19,21). The lowest BCUT2D eigenvalue weighted by Gasteiger charge is -2.24. The van der Waals surface area contributed by atoms with Crippen molar-refractivity contribution in [1.82, 2.24) is 5.32 Å². The van der Waals surface area contributed by atoms with Crippen molar-refractivity contribution in [3.8, 4) is 0 Å². The molecule has 2 N–H and O–H groups in total. The van der Waals surface area contributed by atoms with Crippen LogP contribution >= 0.6 is 0 Å². The molecule has 0 saturated heterocycles. The molecule has 116 valence electrons. The van der Waals surface area contributed by atoms with Crippen molar-refractivity contribution in [2.75, 3.05) is 11.9 Å². The summed E-state index contributed by atoms with van der Waals surface area (Å²) in [7, 11) is 0. The largest absolute Gasteiger partial charge is 0.355 e. The Balaban J connectivity index is 2.79. The minimum Gasteiger partial charge on any atom is -0.355 e. The summed E-state index contributed by atoms with van der Waals surface area (Å²) < 4.78 is 0. The number of rotatable bonds is 6. The highest BCUT2D eigenvalue weighted by atomic mass is 16.2. The first kappa shape index (κ1) is 17.2. The molecule has 0 aromatic heterocycles. The average molecular weight is 290 g/mol. The second kappa shape index (κ2) is 7.25. The van der Waals surface area contributed by atoms with Crippen LogP contribution in [0.3, 0.4) is 0 Å². The Morgan fingerprint density at radius 2 is 1.76 bits per heavy atom. The van der Waals surface area contributed by atoms with Gasteiger partial charge in [0.1, 0.15) is 5.41 Å². The van der Waals surface area contributed by atoms with E-state index in [-0.39, 0.29) is 11.8 Å². The SMILES string of the molecule is CCc1ccccc1NC(=O)C(C)(C)C(=O)NCC(C)C. The molecule has 0 saturated carbocycles. The van der Waals surface area contributed by atoms with Gasteiger partial charge in [-0.2, -0.15) is 0 Å². The summed E-state index contributed by atoms with van der Waals surface area (Å²) in [6.45, 7) is 9.93. The normalized spacial score (nSPS) is 11.3. The van der Waals surface area contributed by atoms with Gasteiger partial charge in [0.15, 0.2) is 0 Å². The molecule has 4 heteroatoms. The van der Waals surface area contributed by atoms with Gasteiger partial charge in [-0.1, -0.05) is 39.0 Å². The predicted molar refractivity (Wildman–Crippen MR) is 86.1 cm³/mol. The van der Waals surface area contributed by atoms with E-state index < -0.39 is 5.41 Å². The molecule has 0 aliphatic heterocycles. The van der Waals surface area contributed by atoms with Gasteiger partial charge >= 0.3 is 0 Å². The van der Waals surface area contributed by atoms with Crippen LogP contribution in [0.4, 0.5) is 5.69 Å². The number of hydrogen-bond donors (Lipinski definition) is 2. The van der Waals surface area contributed by atoms with Gasteiger partial charge in [-0.15, -0.1) is 0 Å². The van der Waals surface area contributed by atoms with E-state index in [0.717, 1.165) is 17.7 Å². The van der Waals surface area contributed by atoms with Gasteiger partial charge in [0.2, 0.25) is 11.8 Å². The summed E-state index contributed by atoms with van der Waals surface area (Å²) in [6, 6.07) is 7.65. The monoisotopic (exact) mass is 290 g/mol. The maximum absolute atomic E-state index is 12.4. The second-order valence-electron chi connectivity index (χ2n) is 6.19. The first-order valence-electron chi connectivity index (χ1n) is 7.46. The van der Waals surface area contributed by atoms with Crippen molar-refractivity contribution in [3.63, 3.8) is 0 Å². The van der Waals surface area contributed by atoms with Crippen LogP contribution in [0, 0.1) is 11.3 Å². The fourth-order valence-electron chi connectivity index (χ4n) is 1.85. The topological polar surface area (TPSA) is 58.2 Å². The van der Waals surface area contributed by atoms with Crippen LogP contribution in [-0.2, 0) is 16.0 Å². The van der Waals surface area contributed by atoms with Gasteiger partial charge in [0, 0.05) is 12.2 Å². The fourth-order valence-corrected chi connectivity index (χ4v) is 1.85. The van der Waals surface area contributed by atoms with Crippen LogP contribution in [0.2, 0.25) is 0 Å². The fraction of sp³-hybridized carbons (Fsp3) is 0.529. The van der Waals surface area contributed by atoms with E-state index in [1.54, 1.807) is 13.8 Å². The molecule has 0 radical (unpaired) electrons. The Hall–Kier alpha value is -1.84. The molecular formula is C17H26N2O2. The van der Waals surface area contributed by atoms with Crippen molar-refractivity contribution >= 4 is 17.5 Å². The highest BCUT2D eigenvalue weighted by Gasteiger charge is 2.36. The number of amides is 2. The predicted octanol–water partition coefficient (Wildman–Crippen LogP) is 2.99. The van der Waals surface area contributed by atoms with Gasteiger partial charge in [-0.25, -0.2) is 0 Å². The zero-order chi connectivity index (χ0) is 16.0. The number of anilines is 1. The smallest absolute Gasteiger partial charge is 0.239 e. The average Bonchev–Trinajstić information content (AvgIpc) is 2.44. The number of aryl methyl sites for hydroxylation is 1. The Morgan fingerprint density at radius 3 is 2.33 bits per heavy atom. The molecule has 0 heterocycles. The van der Waals surface area contributed by atoms with Crippen molar-refractivity contribution in [2.24, 2.45) is 11.3 Å². The van der Waals surface area contributed by atoms with Gasteiger partial charge in [0.25, 0.3) is 0 Å². The van der Waals surface area contributed by atoms with Gasteiger partial charge in [-0.05, 0) is 37.8 Å². The summed E-state index contributed by atoms with van der Waals surface area (Å²) in [5, 5.41) is 5.69. The summed E-state index contributed by atoms with van der Waals surface area (Å²) >= 11 is 0. The molecule has 0 aliphatic rings. The Bertz CT molecular complexity index is 507. The van der Waals surface area contributed by atoms with E-state index in [2.05, 4.69) is 10.6 Å². The van der Waals surface area contributed by atoms with Crippen LogP contribution in [0.5, 0.6) is 0 Å². The molecule has 1 aromatic carbocycles. The summed E-state index contributed by atoms with van der Waals surface area (Å²) in [5.74, 6) is -0.180. The van der Waals surface area contributed by atoms with Crippen molar-refractivity contribution < 1.29 is 9.59 Å². The first-order chi connectivity index (χ1) is 9.78. The summed E-state index contributed by atoms with van der Waals surface area (Å²) in [6.07, 6.45) is 0.830. The lowest BCUT2D eigenvalue weighted by Crippen LogP contribution is -2.46. The maximum atomic E-state index is 12.4. The molecule has 4 nitrogen and oxygen atoms in total. The van der Waals surface area contributed by atoms with E-state index in [1.165, 1.54) is 0 Å². The van der Waals surface area contributed by atoms with Gasteiger partial charge < -0.3 is 10.6 Å². The third-order valence-corrected chi connectivity index (χ3v) is 3.45. The van der Waals surface area contributed by atoms with E-state index in [4.69, 9.17) is 0 Å². The number of nitrogens with one attached hydrogen (secondary N) is 2. The molecule has 0 aliphatic carbocycles. The van der Waals surface area contributed by atoms with Crippen molar-refractivity contribution in [3.05, 3.63) is 29.8 Å². The van der Waals surface area contributed by atoms with Crippen LogP contribution < -0.4 is 10.6 Å². The minimum absolute atomic E-state index is 0.248. The molecule has 1 aromatic rings. The van der Waals surface area contributed by atoms with E-state index in [0.29, 0.717) is 12.5 Å². The van der Waals surface area contributed by atoms with Gasteiger partial charge in [-0.3, -0.25) is 9.59 Å².